The van der Waals surface area contributed by atoms with Gasteiger partial charge in [-0.2, -0.15) is 0 Å². The molecule has 4 heteroatoms. The minimum absolute atomic E-state index is 0.281. The molecule has 0 saturated heterocycles. The Hall–Kier alpha value is -2.46. The number of anilines is 1. The molecule has 0 spiro atoms. The van der Waals surface area contributed by atoms with Gasteiger partial charge in [-0.25, -0.2) is 4.90 Å². The third-order valence-corrected chi connectivity index (χ3v) is 4.39. The van der Waals surface area contributed by atoms with E-state index >= 15 is 0 Å². The summed E-state index contributed by atoms with van der Waals surface area (Å²) in [6, 6.07) is 18.2. The summed E-state index contributed by atoms with van der Waals surface area (Å²) in [5.41, 5.74) is 1.70. The highest BCUT2D eigenvalue weighted by atomic mass is 79.9. The Labute approximate surface area is 135 Å². The monoisotopic (exact) mass is 351 g/mol. The van der Waals surface area contributed by atoms with E-state index in [4.69, 9.17) is 0 Å². The maximum atomic E-state index is 12.8. The molecule has 0 saturated carbocycles. The standard InChI is InChI=1S/C18H10BrNO2/c19-12-7-9-13(10-8-12)20-17(21)14-5-1-3-11-4-2-6-15(16(11)14)18(20)22/h1-10H. The van der Waals surface area contributed by atoms with E-state index in [1.54, 1.807) is 24.3 Å². The van der Waals surface area contributed by atoms with Gasteiger partial charge in [0.1, 0.15) is 0 Å². The highest BCUT2D eigenvalue weighted by Gasteiger charge is 2.33. The van der Waals surface area contributed by atoms with Crippen LogP contribution in [0.15, 0.2) is 65.1 Å². The van der Waals surface area contributed by atoms with Crippen molar-refractivity contribution in [3.8, 4) is 0 Å². The predicted molar refractivity (Wildman–Crippen MR) is 89.2 cm³/mol. The van der Waals surface area contributed by atoms with Crippen LogP contribution in [0.2, 0.25) is 0 Å². The number of hydrogen-bond acceptors (Lipinski definition) is 2. The fourth-order valence-corrected chi connectivity index (χ4v) is 3.12. The molecule has 0 unspecified atom stereocenters. The van der Waals surface area contributed by atoms with Gasteiger partial charge in [-0.3, -0.25) is 9.59 Å². The molecule has 1 aliphatic rings. The third-order valence-electron chi connectivity index (χ3n) is 3.86. The number of carbonyl (C=O) groups is 2. The molecule has 3 nitrogen and oxygen atoms in total. The summed E-state index contributed by atoms with van der Waals surface area (Å²) in [5.74, 6) is -0.562. The average Bonchev–Trinajstić information content (AvgIpc) is 2.54. The zero-order valence-electron chi connectivity index (χ0n) is 11.4. The molecule has 22 heavy (non-hydrogen) atoms. The van der Waals surface area contributed by atoms with E-state index in [-0.39, 0.29) is 11.8 Å². The molecule has 2 amide bonds. The van der Waals surface area contributed by atoms with Crippen LogP contribution in [0.1, 0.15) is 20.7 Å². The molecule has 0 N–H and O–H groups in total. The lowest BCUT2D eigenvalue weighted by atomic mass is 9.94. The first kappa shape index (κ1) is 13.2. The highest BCUT2D eigenvalue weighted by molar-refractivity contribution is 9.10. The van der Waals surface area contributed by atoms with Crippen LogP contribution in [0.25, 0.3) is 10.8 Å². The highest BCUT2D eigenvalue weighted by Crippen LogP contribution is 2.32. The lowest BCUT2D eigenvalue weighted by Gasteiger charge is -2.27. The maximum Gasteiger partial charge on any atom is 0.265 e. The number of nitrogens with zero attached hydrogens (tertiary/aromatic N) is 1. The largest absolute Gasteiger partial charge is 0.268 e. The molecule has 3 aromatic rings. The normalized spacial score (nSPS) is 13.8. The molecule has 0 radical (unpaired) electrons. The zero-order valence-corrected chi connectivity index (χ0v) is 13.0. The van der Waals surface area contributed by atoms with Crippen LogP contribution in [0.5, 0.6) is 0 Å². The molecule has 1 heterocycles. The van der Waals surface area contributed by atoms with Crippen molar-refractivity contribution in [2.45, 2.75) is 0 Å². The van der Waals surface area contributed by atoms with E-state index in [0.717, 1.165) is 15.2 Å². The van der Waals surface area contributed by atoms with Crippen molar-refractivity contribution < 1.29 is 9.59 Å². The van der Waals surface area contributed by atoms with E-state index in [0.29, 0.717) is 16.8 Å². The Kier molecular flexibility index (Phi) is 2.87. The molecule has 1 aliphatic heterocycles. The van der Waals surface area contributed by atoms with Crippen molar-refractivity contribution in [1.82, 2.24) is 0 Å². The van der Waals surface area contributed by atoms with Crippen LogP contribution in [0.3, 0.4) is 0 Å². The first-order chi connectivity index (χ1) is 10.7. The zero-order chi connectivity index (χ0) is 15.3. The molecule has 0 bridgehead atoms. The summed E-state index contributed by atoms with van der Waals surface area (Å²) >= 11 is 3.36. The van der Waals surface area contributed by atoms with Gasteiger partial charge >= 0.3 is 0 Å². The molecule has 4 rings (SSSR count). The van der Waals surface area contributed by atoms with Gasteiger partial charge in [0.15, 0.2) is 0 Å². The predicted octanol–water partition coefficient (Wildman–Crippen LogP) is 4.40. The van der Waals surface area contributed by atoms with E-state index in [1.165, 1.54) is 4.90 Å². The number of rotatable bonds is 1. The molecule has 0 atom stereocenters. The average molecular weight is 352 g/mol. The van der Waals surface area contributed by atoms with Gasteiger partial charge in [-0.15, -0.1) is 0 Å². The summed E-state index contributed by atoms with van der Waals surface area (Å²) < 4.78 is 0.899. The Bertz CT molecular complexity index is 881. The molecule has 3 aromatic carbocycles. The topological polar surface area (TPSA) is 37.4 Å². The second kappa shape index (κ2) is 4.78. The molecular formula is C18H10BrNO2. The van der Waals surface area contributed by atoms with Crippen molar-refractivity contribution in [1.29, 1.82) is 0 Å². The number of amides is 2. The van der Waals surface area contributed by atoms with Gasteiger partial charge in [0.25, 0.3) is 11.8 Å². The second-order valence-electron chi connectivity index (χ2n) is 5.13. The van der Waals surface area contributed by atoms with Crippen molar-refractivity contribution in [2.75, 3.05) is 4.90 Å². The maximum absolute atomic E-state index is 12.8. The number of imide groups is 1. The summed E-state index contributed by atoms with van der Waals surface area (Å²) in [6.07, 6.45) is 0. The fourth-order valence-electron chi connectivity index (χ4n) is 2.86. The Morgan fingerprint density at radius 3 is 1.82 bits per heavy atom. The Balaban J connectivity index is 1.97. The van der Waals surface area contributed by atoms with Crippen molar-refractivity contribution in [3.05, 3.63) is 76.3 Å². The number of carbonyl (C=O) groups excluding carboxylic acids is 2. The third kappa shape index (κ3) is 1.81. The van der Waals surface area contributed by atoms with Crippen LogP contribution in [0, 0.1) is 0 Å². The van der Waals surface area contributed by atoms with Crippen molar-refractivity contribution >= 4 is 44.2 Å². The lowest BCUT2D eigenvalue weighted by Crippen LogP contribution is -2.40. The number of hydrogen-bond donors (Lipinski definition) is 0. The summed E-state index contributed by atoms with van der Waals surface area (Å²) in [5, 5.41) is 1.65. The SMILES string of the molecule is O=C1c2cccc3cccc(c23)C(=O)N1c1ccc(Br)cc1. The minimum atomic E-state index is -0.281. The van der Waals surface area contributed by atoms with Crippen LogP contribution in [-0.4, -0.2) is 11.8 Å². The Morgan fingerprint density at radius 2 is 1.27 bits per heavy atom. The molecular weight excluding hydrogens is 342 g/mol. The molecule has 0 aliphatic carbocycles. The second-order valence-corrected chi connectivity index (χ2v) is 6.05. The van der Waals surface area contributed by atoms with E-state index in [1.807, 2.05) is 36.4 Å². The molecule has 0 aromatic heterocycles. The summed E-state index contributed by atoms with van der Waals surface area (Å²) in [7, 11) is 0. The van der Waals surface area contributed by atoms with Crippen molar-refractivity contribution in [3.63, 3.8) is 0 Å². The van der Waals surface area contributed by atoms with E-state index in [9.17, 15) is 9.59 Å². The quantitative estimate of drug-likeness (QED) is 0.609. The van der Waals surface area contributed by atoms with Gasteiger partial charge in [0.2, 0.25) is 0 Å². The van der Waals surface area contributed by atoms with Gasteiger partial charge < -0.3 is 0 Å². The van der Waals surface area contributed by atoms with Gasteiger partial charge in [0, 0.05) is 21.0 Å². The molecule has 106 valence electrons. The van der Waals surface area contributed by atoms with Crippen LogP contribution in [-0.2, 0) is 0 Å². The smallest absolute Gasteiger partial charge is 0.265 e. The number of benzene rings is 3. The van der Waals surface area contributed by atoms with Gasteiger partial charge in [-0.1, -0.05) is 40.2 Å². The number of halogens is 1. The first-order valence-corrected chi connectivity index (χ1v) is 7.62. The fraction of sp³-hybridized carbons (Fsp3) is 0. The lowest BCUT2D eigenvalue weighted by molar-refractivity contribution is 0.0893. The van der Waals surface area contributed by atoms with E-state index in [2.05, 4.69) is 15.9 Å². The van der Waals surface area contributed by atoms with Crippen LogP contribution < -0.4 is 4.90 Å². The van der Waals surface area contributed by atoms with Crippen LogP contribution >= 0.6 is 15.9 Å². The van der Waals surface area contributed by atoms with Crippen molar-refractivity contribution in [2.24, 2.45) is 0 Å². The van der Waals surface area contributed by atoms with Gasteiger partial charge in [-0.05, 0) is 41.8 Å². The summed E-state index contributed by atoms with van der Waals surface area (Å²) in [4.78, 5) is 26.8. The molecule has 0 fully saturated rings. The summed E-state index contributed by atoms with van der Waals surface area (Å²) in [6.45, 7) is 0. The van der Waals surface area contributed by atoms with Crippen LogP contribution in [0.4, 0.5) is 5.69 Å². The minimum Gasteiger partial charge on any atom is -0.268 e. The Morgan fingerprint density at radius 1 is 0.727 bits per heavy atom. The first-order valence-electron chi connectivity index (χ1n) is 6.83. The van der Waals surface area contributed by atoms with E-state index < -0.39 is 0 Å². The van der Waals surface area contributed by atoms with Gasteiger partial charge in [0.05, 0.1) is 5.69 Å².